The summed E-state index contributed by atoms with van der Waals surface area (Å²) in [4.78, 5) is 16.4. The Balaban J connectivity index is 1.43. The van der Waals surface area contributed by atoms with E-state index in [9.17, 15) is 18.0 Å². The van der Waals surface area contributed by atoms with E-state index in [-0.39, 0.29) is 22.5 Å². The number of aliphatic imine (C=N–C) groups is 1. The van der Waals surface area contributed by atoms with Crippen molar-refractivity contribution in [1.82, 2.24) is 9.58 Å². The van der Waals surface area contributed by atoms with Gasteiger partial charge in [-0.2, -0.15) is 28.3 Å². The van der Waals surface area contributed by atoms with Crippen LogP contribution in [0.25, 0.3) is 17.0 Å². The molecule has 2 aromatic carbocycles. The second-order valence-corrected chi connectivity index (χ2v) is 9.29. The molecule has 3 heterocycles. The van der Waals surface area contributed by atoms with Crippen LogP contribution < -0.4 is 4.74 Å². The molecule has 0 atom stereocenters. The number of hydrogen-bond donors (Lipinski definition) is 1. The molecule has 1 aromatic heterocycles. The molecule has 0 unspecified atom stereocenters. The van der Waals surface area contributed by atoms with Gasteiger partial charge in [0, 0.05) is 22.7 Å². The van der Waals surface area contributed by atoms with E-state index in [2.05, 4.69) is 16.2 Å². The quantitative estimate of drug-likeness (QED) is 0.458. The van der Waals surface area contributed by atoms with E-state index >= 15 is 0 Å². The summed E-state index contributed by atoms with van der Waals surface area (Å²) in [6.45, 7) is 4.93. The van der Waals surface area contributed by atoms with Crippen molar-refractivity contribution >= 4 is 50.7 Å². The van der Waals surface area contributed by atoms with Crippen molar-refractivity contribution in [3.63, 3.8) is 0 Å². The van der Waals surface area contributed by atoms with Crippen LogP contribution in [0.1, 0.15) is 16.7 Å². The molecule has 2 aliphatic heterocycles. The second-order valence-electron chi connectivity index (χ2n) is 8.34. The van der Waals surface area contributed by atoms with E-state index in [1.807, 2.05) is 61.0 Å². The van der Waals surface area contributed by atoms with Gasteiger partial charge in [0.2, 0.25) is 10.2 Å². The minimum atomic E-state index is -4.69. The molecule has 1 amide bonds. The summed E-state index contributed by atoms with van der Waals surface area (Å²) in [6.07, 6.45) is -1.39. The predicted molar refractivity (Wildman–Crippen MR) is 134 cm³/mol. The van der Waals surface area contributed by atoms with Crippen molar-refractivity contribution in [2.24, 2.45) is 10.1 Å². The summed E-state index contributed by atoms with van der Waals surface area (Å²) in [5.41, 5.74) is 3.59. The van der Waals surface area contributed by atoms with Gasteiger partial charge >= 0.3 is 6.18 Å². The van der Waals surface area contributed by atoms with Gasteiger partial charge in [-0.05, 0) is 49.4 Å². The number of aryl methyl sites for hydroxylation is 2. The smallest absolute Gasteiger partial charge is 0.441 e. The van der Waals surface area contributed by atoms with E-state index in [4.69, 9.17) is 10.1 Å². The molecule has 0 saturated carbocycles. The number of aromatic nitrogens is 1. The molecule has 7 nitrogen and oxygen atoms in total. The first-order chi connectivity index (χ1) is 17.1. The summed E-state index contributed by atoms with van der Waals surface area (Å²) in [5, 5.41) is 11.9. The highest BCUT2D eigenvalue weighted by atomic mass is 32.2. The SMILES string of the molecule is Cc1ccc(OCCn2cc(C=C3C(=N)N4N=C(C(F)(F)F)SC4=NC3=O)c3ccccc32)c(C)c1. The molecule has 36 heavy (non-hydrogen) atoms. The van der Waals surface area contributed by atoms with Crippen LogP contribution >= 0.6 is 11.8 Å². The van der Waals surface area contributed by atoms with Crippen molar-refractivity contribution in [3.05, 3.63) is 70.9 Å². The maximum atomic E-state index is 13.1. The van der Waals surface area contributed by atoms with Crippen LogP contribution in [0.4, 0.5) is 13.2 Å². The van der Waals surface area contributed by atoms with Crippen molar-refractivity contribution in [3.8, 4) is 5.75 Å². The number of amidine groups is 2. The molecule has 2 aliphatic rings. The summed E-state index contributed by atoms with van der Waals surface area (Å²) in [6, 6.07) is 13.5. The fourth-order valence-corrected chi connectivity index (χ4v) is 4.81. The second kappa shape index (κ2) is 8.98. The molecule has 3 aromatic rings. The van der Waals surface area contributed by atoms with Crippen molar-refractivity contribution in [2.75, 3.05) is 6.61 Å². The largest absolute Gasteiger partial charge is 0.491 e. The topological polar surface area (TPSA) is 83.0 Å². The highest BCUT2D eigenvalue weighted by molar-refractivity contribution is 8.27. The zero-order valence-electron chi connectivity index (χ0n) is 19.3. The monoisotopic (exact) mass is 511 g/mol. The molecule has 0 bridgehead atoms. The van der Waals surface area contributed by atoms with E-state index in [0.717, 1.165) is 32.8 Å². The molecular weight excluding hydrogens is 491 g/mol. The number of benzene rings is 2. The summed E-state index contributed by atoms with van der Waals surface area (Å²) >= 11 is 0.227. The molecule has 0 aliphatic carbocycles. The average molecular weight is 512 g/mol. The van der Waals surface area contributed by atoms with Crippen LogP contribution in [0.2, 0.25) is 0 Å². The highest BCUT2D eigenvalue weighted by Crippen LogP contribution is 2.35. The van der Waals surface area contributed by atoms with Crippen molar-refractivity contribution in [2.45, 2.75) is 26.6 Å². The first-order valence-corrected chi connectivity index (χ1v) is 11.8. The van der Waals surface area contributed by atoms with Gasteiger partial charge in [0.1, 0.15) is 12.4 Å². The van der Waals surface area contributed by atoms with Gasteiger partial charge in [0.05, 0.1) is 12.1 Å². The maximum absolute atomic E-state index is 13.1. The van der Waals surface area contributed by atoms with Crippen molar-refractivity contribution < 1.29 is 22.7 Å². The summed E-state index contributed by atoms with van der Waals surface area (Å²) < 4.78 is 47.2. The number of para-hydroxylation sites is 1. The molecule has 11 heteroatoms. The maximum Gasteiger partial charge on any atom is 0.441 e. The number of hydrogen-bond acceptors (Lipinski definition) is 5. The van der Waals surface area contributed by atoms with Crippen LogP contribution in [0, 0.1) is 19.3 Å². The highest BCUT2D eigenvalue weighted by Gasteiger charge is 2.46. The Morgan fingerprint density at radius 2 is 1.94 bits per heavy atom. The molecule has 0 spiro atoms. The number of carbonyl (C=O) groups excluding carboxylic acids is 1. The van der Waals surface area contributed by atoms with Crippen LogP contribution in [-0.2, 0) is 11.3 Å². The third-order valence-electron chi connectivity index (χ3n) is 5.74. The zero-order valence-corrected chi connectivity index (χ0v) is 20.1. The number of thioether (sulfide) groups is 1. The van der Waals surface area contributed by atoms with Crippen LogP contribution in [-0.4, -0.2) is 44.3 Å². The van der Waals surface area contributed by atoms with Gasteiger partial charge in [0.25, 0.3) is 5.91 Å². The Kier molecular flexibility index (Phi) is 5.95. The number of fused-ring (bicyclic) bond motifs is 2. The fraction of sp³-hybridized carbons (Fsp3) is 0.200. The van der Waals surface area contributed by atoms with Crippen LogP contribution in [0.5, 0.6) is 5.75 Å². The minimum absolute atomic E-state index is 0.138. The number of hydrazone groups is 1. The standard InChI is InChI=1S/C25H20F3N5O2S/c1-14-7-8-20(15(2)11-14)35-10-9-32-13-16(17-5-3-4-6-19(17)32)12-18-21(29)33-24(30-22(18)34)36-23(31-33)25(26,27)28/h3-8,11-13,29H,9-10H2,1-2H3. The zero-order chi connectivity index (χ0) is 25.6. The van der Waals surface area contributed by atoms with Gasteiger partial charge in [0.15, 0.2) is 5.84 Å². The van der Waals surface area contributed by atoms with E-state index in [0.29, 0.717) is 18.7 Å². The Morgan fingerprint density at radius 3 is 2.69 bits per heavy atom. The summed E-state index contributed by atoms with van der Waals surface area (Å²) in [5.74, 6) is -0.435. The Morgan fingerprint density at radius 1 is 1.17 bits per heavy atom. The molecule has 0 fully saturated rings. The van der Waals surface area contributed by atoms with Crippen LogP contribution in [0.3, 0.4) is 0 Å². The van der Waals surface area contributed by atoms with Gasteiger partial charge in [-0.3, -0.25) is 10.2 Å². The number of carbonyl (C=O) groups is 1. The van der Waals surface area contributed by atoms with E-state index in [1.54, 1.807) is 0 Å². The number of rotatable bonds is 5. The molecule has 5 rings (SSSR count). The number of nitrogens with zero attached hydrogens (tertiary/aromatic N) is 4. The lowest BCUT2D eigenvalue weighted by Crippen LogP contribution is -2.35. The Bertz CT molecular complexity index is 1500. The third-order valence-corrected chi connectivity index (χ3v) is 6.69. The first kappa shape index (κ1) is 23.9. The third kappa shape index (κ3) is 4.41. The van der Waals surface area contributed by atoms with Crippen molar-refractivity contribution in [1.29, 1.82) is 5.41 Å². The number of alkyl halides is 3. The average Bonchev–Trinajstić information content (AvgIpc) is 3.40. The number of nitrogens with one attached hydrogen (secondary N) is 1. The molecule has 184 valence electrons. The number of ether oxygens (including phenoxy) is 1. The van der Waals surface area contributed by atoms with Gasteiger partial charge in [-0.25, -0.2) is 0 Å². The molecule has 0 radical (unpaired) electrons. The van der Waals surface area contributed by atoms with Gasteiger partial charge < -0.3 is 9.30 Å². The lowest BCUT2D eigenvalue weighted by molar-refractivity contribution is -0.114. The fourth-order valence-electron chi connectivity index (χ4n) is 4.05. The van der Waals surface area contributed by atoms with Crippen LogP contribution in [0.15, 0.2) is 64.3 Å². The van der Waals surface area contributed by atoms with Gasteiger partial charge in [-0.15, -0.1) is 0 Å². The first-order valence-electron chi connectivity index (χ1n) is 11.0. The molecule has 0 saturated heterocycles. The molecular formula is C25H20F3N5O2S. The number of amides is 1. The molecule has 1 N–H and O–H groups in total. The number of halogens is 3. The lowest BCUT2D eigenvalue weighted by Gasteiger charge is -2.20. The Labute approximate surface area is 208 Å². The predicted octanol–water partition coefficient (Wildman–Crippen LogP) is 5.52. The lowest BCUT2D eigenvalue weighted by atomic mass is 10.1. The minimum Gasteiger partial charge on any atom is -0.491 e. The normalized spacial score (nSPS) is 17.0. The van der Waals surface area contributed by atoms with E-state index < -0.39 is 23.0 Å². The Hall–Kier alpha value is -3.86. The van der Waals surface area contributed by atoms with E-state index in [1.165, 1.54) is 6.08 Å². The summed E-state index contributed by atoms with van der Waals surface area (Å²) in [7, 11) is 0. The van der Waals surface area contributed by atoms with Gasteiger partial charge in [-0.1, -0.05) is 35.9 Å².